The molecule has 0 aromatic carbocycles. The largest absolute Gasteiger partial charge is 0.490 e. The molecular formula is C9H12NO2. The average molecular weight is 166 g/mol. The molecule has 65 valence electrons. The van der Waals surface area contributed by atoms with E-state index in [0.717, 1.165) is 0 Å². The van der Waals surface area contributed by atoms with Crippen LogP contribution in [-0.4, -0.2) is 16.2 Å². The lowest BCUT2D eigenvalue weighted by atomic mass is 10.3. The van der Waals surface area contributed by atoms with Crippen LogP contribution in [0.25, 0.3) is 0 Å². The van der Waals surface area contributed by atoms with Crippen LogP contribution in [-0.2, 0) is 6.61 Å². The SMILES string of the molecule is CC(C)Oc1ccn[c]c1CO. The van der Waals surface area contributed by atoms with E-state index >= 15 is 0 Å². The van der Waals surface area contributed by atoms with Crippen molar-refractivity contribution in [2.24, 2.45) is 0 Å². The summed E-state index contributed by atoms with van der Waals surface area (Å²) >= 11 is 0. The molecule has 0 unspecified atom stereocenters. The molecule has 1 radical (unpaired) electrons. The highest BCUT2D eigenvalue weighted by Crippen LogP contribution is 2.16. The molecule has 3 nitrogen and oxygen atoms in total. The number of aliphatic hydroxyl groups is 1. The third-order valence-electron chi connectivity index (χ3n) is 1.32. The molecule has 3 heteroatoms. The number of hydrogen-bond donors (Lipinski definition) is 1. The van der Waals surface area contributed by atoms with Crippen LogP contribution < -0.4 is 4.74 Å². The van der Waals surface area contributed by atoms with Crippen LogP contribution in [0.5, 0.6) is 5.75 Å². The summed E-state index contributed by atoms with van der Waals surface area (Å²) in [4.78, 5) is 3.76. The summed E-state index contributed by atoms with van der Waals surface area (Å²) in [5, 5.41) is 8.88. The van der Waals surface area contributed by atoms with E-state index in [1.54, 1.807) is 12.3 Å². The summed E-state index contributed by atoms with van der Waals surface area (Å²) in [6, 6.07) is 1.72. The molecule has 0 atom stereocenters. The molecule has 12 heavy (non-hydrogen) atoms. The zero-order valence-corrected chi connectivity index (χ0v) is 7.24. The molecule has 0 fully saturated rings. The third kappa shape index (κ3) is 2.20. The van der Waals surface area contributed by atoms with Gasteiger partial charge in [0.25, 0.3) is 0 Å². The lowest BCUT2D eigenvalue weighted by molar-refractivity contribution is 0.225. The summed E-state index contributed by atoms with van der Waals surface area (Å²) in [7, 11) is 0. The fraction of sp³-hybridized carbons (Fsp3) is 0.444. The Bertz CT molecular complexity index is 248. The van der Waals surface area contributed by atoms with Gasteiger partial charge < -0.3 is 9.84 Å². The van der Waals surface area contributed by atoms with Gasteiger partial charge in [0.05, 0.1) is 18.9 Å². The van der Waals surface area contributed by atoms with Crippen molar-refractivity contribution in [1.29, 1.82) is 0 Å². The summed E-state index contributed by atoms with van der Waals surface area (Å²) in [5.74, 6) is 0.655. The molecule has 1 aromatic rings. The van der Waals surface area contributed by atoms with Gasteiger partial charge in [-0.3, -0.25) is 4.98 Å². The van der Waals surface area contributed by atoms with Gasteiger partial charge in [-0.05, 0) is 19.9 Å². The first kappa shape index (κ1) is 9.00. The standard InChI is InChI=1S/C9H12NO2/c1-7(2)12-9-3-4-10-5-8(9)6-11/h3-4,7,11H,6H2,1-2H3. The van der Waals surface area contributed by atoms with Gasteiger partial charge in [0.15, 0.2) is 0 Å². The van der Waals surface area contributed by atoms with Gasteiger partial charge in [-0.15, -0.1) is 0 Å². The van der Waals surface area contributed by atoms with Gasteiger partial charge in [-0.1, -0.05) is 0 Å². The molecule has 0 aliphatic rings. The zero-order valence-electron chi connectivity index (χ0n) is 7.24. The quantitative estimate of drug-likeness (QED) is 0.732. The number of rotatable bonds is 3. The topological polar surface area (TPSA) is 42.4 Å². The Balaban J connectivity index is 2.82. The Hall–Kier alpha value is -1.09. The number of nitrogens with zero attached hydrogens (tertiary/aromatic N) is 1. The van der Waals surface area contributed by atoms with Crippen molar-refractivity contribution in [2.45, 2.75) is 26.6 Å². The van der Waals surface area contributed by atoms with Gasteiger partial charge in [-0.2, -0.15) is 0 Å². The summed E-state index contributed by atoms with van der Waals surface area (Å²) in [6.45, 7) is 3.78. The van der Waals surface area contributed by atoms with Crippen LogP contribution in [0.1, 0.15) is 19.4 Å². The van der Waals surface area contributed by atoms with E-state index in [1.165, 1.54) is 0 Å². The van der Waals surface area contributed by atoms with Gasteiger partial charge in [0.1, 0.15) is 5.75 Å². The van der Waals surface area contributed by atoms with E-state index in [4.69, 9.17) is 9.84 Å². The molecule has 0 amide bonds. The first-order valence-electron chi connectivity index (χ1n) is 3.87. The normalized spacial score (nSPS) is 10.3. The van der Waals surface area contributed by atoms with E-state index < -0.39 is 0 Å². The van der Waals surface area contributed by atoms with Crippen molar-refractivity contribution in [1.82, 2.24) is 4.98 Å². The van der Waals surface area contributed by atoms with Crippen LogP contribution in [0, 0.1) is 6.20 Å². The molecule has 0 bridgehead atoms. The predicted octanol–water partition coefficient (Wildman–Crippen LogP) is 1.16. The van der Waals surface area contributed by atoms with Gasteiger partial charge in [-0.25, -0.2) is 0 Å². The van der Waals surface area contributed by atoms with Crippen molar-refractivity contribution < 1.29 is 9.84 Å². The average Bonchev–Trinajstić information content (AvgIpc) is 2.04. The smallest absolute Gasteiger partial charge is 0.128 e. The number of pyridine rings is 1. The number of aliphatic hydroxyl groups excluding tert-OH is 1. The summed E-state index contributed by atoms with van der Waals surface area (Å²) in [6.07, 6.45) is 4.36. The molecule has 1 N–H and O–H groups in total. The Kier molecular flexibility index (Phi) is 3.05. The minimum atomic E-state index is -0.0874. The number of ether oxygens (including phenoxy) is 1. The fourth-order valence-electron chi connectivity index (χ4n) is 0.853. The molecule has 1 aromatic heterocycles. The Morgan fingerprint density at radius 2 is 2.42 bits per heavy atom. The Labute approximate surface area is 72.0 Å². The van der Waals surface area contributed by atoms with Crippen molar-refractivity contribution in [2.75, 3.05) is 0 Å². The van der Waals surface area contributed by atoms with Crippen LogP contribution >= 0.6 is 0 Å². The Morgan fingerprint density at radius 3 is 3.00 bits per heavy atom. The highest BCUT2D eigenvalue weighted by Gasteiger charge is 2.03. The van der Waals surface area contributed by atoms with Crippen molar-refractivity contribution in [3.8, 4) is 5.75 Å². The second-order valence-electron chi connectivity index (χ2n) is 2.72. The number of hydrogen-bond acceptors (Lipinski definition) is 3. The number of aromatic nitrogens is 1. The van der Waals surface area contributed by atoms with Crippen LogP contribution in [0.4, 0.5) is 0 Å². The van der Waals surface area contributed by atoms with E-state index in [-0.39, 0.29) is 12.7 Å². The highest BCUT2D eigenvalue weighted by molar-refractivity contribution is 5.28. The zero-order chi connectivity index (χ0) is 8.97. The second kappa shape index (κ2) is 4.07. The van der Waals surface area contributed by atoms with Gasteiger partial charge >= 0.3 is 0 Å². The first-order valence-corrected chi connectivity index (χ1v) is 3.87. The maximum Gasteiger partial charge on any atom is 0.128 e. The minimum absolute atomic E-state index is 0.0874. The highest BCUT2D eigenvalue weighted by atomic mass is 16.5. The van der Waals surface area contributed by atoms with E-state index in [9.17, 15) is 0 Å². The monoisotopic (exact) mass is 166 g/mol. The molecule has 0 aliphatic carbocycles. The minimum Gasteiger partial charge on any atom is -0.490 e. The fourth-order valence-corrected chi connectivity index (χ4v) is 0.853. The molecule has 0 aliphatic heterocycles. The first-order chi connectivity index (χ1) is 5.74. The van der Waals surface area contributed by atoms with Gasteiger partial charge in [0, 0.05) is 11.8 Å². The molecule has 0 spiro atoms. The molecular weight excluding hydrogens is 154 g/mol. The van der Waals surface area contributed by atoms with Crippen LogP contribution in [0.3, 0.4) is 0 Å². The molecule has 1 rings (SSSR count). The van der Waals surface area contributed by atoms with Crippen molar-refractivity contribution in [3.05, 3.63) is 24.0 Å². The third-order valence-corrected chi connectivity index (χ3v) is 1.32. The van der Waals surface area contributed by atoms with Crippen molar-refractivity contribution in [3.63, 3.8) is 0 Å². The van der Waals surface area contributed by atoms with Gasteiger partial charge in [0.2, 0.25) is 0 Å². The molecule has 1 heterocycles. The lowest BCUT2D eigenvalue weighted by Crippen LogP contribution is -2.07. The molecule has 0 saturated heterocycles. The van der Waals surface area contributed by atoms with Crippen molar-refractivity contribution >= 4 is 0 Å². The summed E-state index contributed by atoms with van der Waals surface area (Å²) < 4.78 is 5.40. The Morgan fingerprint density at radius 1 is 1.67 bits per heavy atom. The van der Waals surface area contributed by atoms with E-state index in [1.807, 2.05) is 13.8 Å². The maximum absolute atomic E-state index is 8.88. The predicted molar refractivity (Wildman–Crippen MR) is 44.8 cm³/mol. The second-order valence-corrected chi connectivity index (χ2v) is 2.72. The molecule has 0 saturated carbocycles. The lowest BCUT2D eigenvalue weighted by Gasteiger charge is -2.11. The maximum atomic E-state index is 8.88. The van der Waals surface area contributed by atoms with E-state index in [0.29, 0.717) is 11.3 Å². The summed E-state index contributed by atoms with van der Waals surface area (Å²) in [5.41, 5.74) is 0.603. The van der Waals surface area contributed by atoms with Crippen LogP contribution in [0.15, 0.2) is 12.3 Å². The van der Waals surface area contributed by atoms with Crippen LogP contribution in [0.2, 0.25) is 0 Å². The van der Waals surface area contributed by atoms with E-state index in [2.05, 4.69) is 11.2 Å².